The minimum atomic E-state index is 0.180. The van der Waals surface area contributed by atoms with E-state index in [1.165, 1.54) is 0 Å². The summed E-state index contributed by atoms with van der Waals surface area (Å²) < 4.78 is 12.5. The first-order chi connectivity index (χ1) is 8.77. The number of rotatable bonds is 6. The van der Waals surface area contributed by atoms with Crippen LogP contribution in [0, 0.1) is 5.92 Å². The van der Waals surface area contributed by atoms with Crippen molar-refractivity contribution in [2.45, 2.75) is 19.0 Å². The van der Waals surface area contributed by atoms with Gasteiger partial charge in [-0.25, -0.2) is 0 Å². The molecule has 1 saturated heterocycles. The van der Waals surface area contributed by atoms with Crippen LogP contribution in [0.15, 0.2) is 6.20 Å². The summed E-state index contributed by atoms with van der Waals surface area (Å²) in [6.45, 7) is 2.94. The Morgan fingerprint density at radius 2 is 2.56 bits per heavy atom. The van der Waals surface area contributed by atoms with E-state index in [1.807, 2.05) is 11.7 Å². The van der Waals surface area contributed by atoms with Crippen LogP contribution in [-0.4, -0.2) is 43.8 Å². The number of aromatic nitrogens is 2. The molecule has 0 aromatic carbocycles. The molecule has 0 saturated carbocycles. The maximum Gasteiger partial charge on any atom is 0.0834 e. The van der Waals surface area contributed by atoms with E-state index in [-0.39, 0.29) is 6.04 Å². The highest BCUT2D eigenvalue weighted by molar-refractivity contribution is 6.31. The Bertz CT molecular complexity index is 377. The normalized spacial score (nSPS) is 21.4. The zero-order chi connectivity index (χ0) is 13.0. The second-order valence-electron chi connectivity index (χ2n) is 4.48. The average Bonchev–Trinajstić information content (AvgIpc) is 3.00. The molecule has 1 N–H and O–H groups in total. The molecule has 0 bridgehead atoms. The highest BCUT2D eigenvalue weighted by Gasteiger charge is 2.30. The van der Waals surface area contributed by atoms with Crippen LogP contribution in [0.5, 0.6) is 0 Å². The zero-order valence-corrected chi connectivity index (χ0v) is 11.6. The summed E-state index contributed by atoms with van der Waals surface area (Å²) in [5, 5.41) is 8.36. The summed E-state index contributed by atoms with van der Waals surface area (Å²) in [6, 6.07) is 0.180. The van der Waals surface area contributed by atoms with Crippen LogP contribution in [0.1, 0.15) is 18.2 Å². The van der Waals surface area contributed by atoms with Gasteiger partial charge in [-0.05, 0) is 13.5 Å². The largest absolute Gasteiger partial charge is 0.383 e. The molecule has 1 aliphatic rings. The van der Waals surface area contributed by atoms with Crippen LogP contribution in [0.4, 0.5) is 0 Å². The summed E-state index contributed by atoms with van der Waals surface area (Å²) in [6.07, 6.45) is 2.75. The van der Waals surface area contributed by atoms with Crippen molar-refractivity contribution in [3.63, 3.8) is 0 Å². The summed E-state index contributed by atoms with van der Waals surface area (Å²) in [7, 11) is 3.64. The van der Waals surface area contributed by atoms with Crippen molar-refractivity contribution in [3.8, 4) is 0 Å². The van der Waals surface area contributed by atoms with Gasteiger partial charge < -0.3 is 14.8 Å². The number of methoxy groups -OCH3 is 1. The third-order valence-corrected chi connectivity index (χ3v) is 3.67. The van der Waals surface area contributed by atoms with Gasteiger partial charge in [0.25, 0.3) is 0 Å². The van der Waals surface area contributed by atoms with Crippen molar-refractivity contribution < 1.29 is 9.47 Å². The van der Waals surface area contributed by atoms with Gasteiger partial charge in [-0.1, -0.05) is 11.6 Å². The number of halogens is 1. The molecule has 2 unspecified atom stereocenters. The highest BCUT2D eigenvalue weighted by Crippen LogP contribution is 2.32. The van der Waals surface area contributed by atoms with Gasteiger partial charge in [0.15, 0.2) is 0 Å². The molecular formula is C12H20ClN3O2. The van der Waals surface area contributed by atoms with Gasteiger partial charge in [-0.3, -0.25) is 4.68 Å². The third-order valence-electron chi connectivity index (χ3n) is 3.38. The molecule has 1 aromatic rings. The Morgan fingerprint density at radius 3 is 3.17 bits per heavy atom. The van der Waals surface area contributed by atoms with Gasteiger partial charge in [0.05, 0.1) is 42.7 Å². The Kier molecular flexibility index (Phi) is 5.00. The Hall–Kier alpha value is -0.620. The van der Waals surface area contributed by atoms with E-state index in [0.717, 1.165) is 25.3 Å². The van der Waals surface area contributed by atoms with E-state index in [1.54, 1.807) is 13.3 Å². The van der Waals surface area contributed by atoms with Gasteiger partial charge in [-0.15, -0.1) is 0 Å². The van der Waals surface area contributed by atoms with Crippen LogP contribution < -0.4 is 5.32 Å². The molecule has 0 spiro atoms. The van der Waals surface area contributed by atoms with Crippen molar-refractivity contribution in [2.75, 3.05) is 34.0 Å². The Balaban J connectivity index is 2.20. The molecule has 2 atom stereocenters. The van der Waals surface area contributed by atoms with E-state index in [4.69, 9.17) is 21.1 Å². The maximum absolute atomic E-state index is 6.27. The number of hydrogen-bond acceptors (Lipinski definition) is 4. The minimum Gasteiger partial charge on any atom is -0.383 e. The van der Waals surface area contributed by atoms with Crippen LogP contribution in [0.25, 0.3) is 0 Å². The molecule has 0 aliphatic carbocycles. The standard InChI is InChI=1S/C12H20ClN3O2/c1-14-11(9-3-5-18-8-9)12-10(13)7-15-16(12)4-6-17-2/h7,9,11,14H,3-6,8H2,1-2H3. The molecule has 18 heavy (non-hydrogen) atoms. The quantitative estimate of drug-likeness (QED) is 0.853. The van der Waals surface area contributed by atoms with Gasteiger partial charge in [0.2, 0.25) is 0 Å². The molecular weight excluding hydrogens is 254 g/mol. The van der Waals surface area contributed by atoms with Crippen LogP contribution >= 0.6 is 11.6 Å². The predicted octanol–water partition coefficient (Wildman–Crippen LogP) is 1.48. The average molecular weight is 274 g/mol. The molecule has 2 heterocycles. The molecule has 1 aromatic heterocycles. The smallest absolute Gasteiger partial charge is 0.0834 e. The lowest BCUT2D eigenvalue weighted by molar-refractivity contribution is 0.171. The fourth-order valence-electron chi connectivity index (χ4n) is 2.45. The maximum atomic E-state index is 6.27. The summed E-state index contributed by atoms with van der Waals surface area (Å²) in [5.41, 5.74) is 1.03. The number of hydrogen-bond donors (Lipinski definition) is 1. The first-order valence-electron chi connectivity index (χ1n) is 6.23. The van der Waals surface area contributed by atoms with Crippen molar-refractivity contribution in [2.24, 2.45) is 5.92 Å². The topological polar surface area (TPSA) is 48.3 Å². The molecule has 1 aliphatic heterocycles. The van der Waals surface area contributed by atoms with Crippen molar-refractivity contribution in [1.29, 1.82) is 0 Å². The molecule has 5 nitrogen and oxygen atoms in total. The van der Waals surface area contributed by atoms with Crippen molar-refractivity contribution >= 4 is 11.6 Å². The van der Waals surface area contributed by atoms with E-state index < -0.39 is 0 Å². The second kappa shape index (κ2) is 6.52. The third kappa shape index (κ3) is 2.85. The lowest BCUT2D eigenvalue weighted by Crippen LogP contribution is -2.29. The number of nitrogens with one attached hydrogen (secondary N) is 1. The van der Waals surface area contributed by atoms with Crippen LogP contribution in [0.3, 0.4) is 0 Å². The van der Waals surface area contributed by atoms with Gasteiger partial charge in [0, 0.05) is 19.6 Å². The fourth-order valence-corrected chi connectivity index (χ4v) is 2.71. The molecule has 2 rings (SSSR count). The van der Waals surface area contributed by atoms with Crippen molar-refractivity contribution in [3.05, 3.63) is 16.9 Å². The summed E-state index contributed by atoms with van der Waals surface area (Å²) >= 11 is 6.27. The lowest BCUT2D eigenvalue weighted by atomic mass is 9.96. The summed E-state index contributed by atoms with van der Waals surface area (Å²) in [5.74, 6) is 0.450. The Labute approximate surface area is 112 Å². The van der Waals surface area contributed by atoms with Gasteiger partial charge in [-0.2, -0.15) is 5.10 Å². The minimum absolute atomic E-state index is 0.180. The van der Waals surface area contributed by atoms with E-state index >= 15 is 0 Å². The molecule has 1 fully saturated rings. The lowest BCUT2D eigenvalue weighted by Gasteiger charge is -2.23. The Morgan fingerprint density at radius 1 is 1.72 bits per heavy atom. The van der Waals surface area contributed by atoms with Crippen LogP contribution in [-0.2, 0) is 16.0 Å². The van der Waals surface area contributed by atoms with Crippen molar-refractivity contribution in [1.82, 2.24) is 15.1 Å². The monoisotopic (exact) mass is 273 g/mol. The molecule has 102 valence electrons. The zero-order valence-electron chi connectivity index (χ0n) is 10.9. The van der Waals surface area contributed by atoms with E-state index in [0.29, 0.717) is 24.1 Å². The van der Waals surface area contributed by atoms with Gasteiger partial charge in [0.1, 0.15) is 0 Å². The predicted molar refractivity (Wildman–Crippen MR) is 69.8 cm³/mol. The first kappa shape index (κ1) is 13.8. The second-order valence-corrected chi connectivity index (χ2v) is 4.89. The van der Waals surface area contributed by atoms with Gasteiger partial charge >= 0.3 is 0 Å². The summed E-state index contributed by atoms with van der Waals surface area (Å²) in [4.78, 5) is 0. The first-order valence-corrected chi connectivity index (χ1v) is 6.61. The molecule has 0 amide bonds. The van der Waals surface area contributed by atoms with E-state index in [2.05, 4.69) is 10.4 Å². The van der Waals surface area contributed by atoms with Crippen LogP contribution in [0.2, 0.25) is 5.02 Å². The SMILES string of the molecule is CNC(c1c(Cl)cnn1CCOC)C1CCOC1. The molecule has 0 radical (unpaired) electrons. The number of ether oxygens (including phenoxy) is 2. The highest BCUT2D eigenvalue weighted by atomic mass is 35.5. The molecule has 6 heteroatoms. The number of nitrogens with zero attached hydrogens (tertiary/aromatic N) is 2. The fraction of sp³-hybridized carbons (Fsp3) is 0.750. The van der Waals surface area contributed by atoms with E-state index in [9.17, 15) is 0 Å².